The van der Waals surface area contributed by atoms with Gasteiger partial charge in [0.1, 0.15) is 0 Å². The third kappa shape index (κ3) is 2.49. The van der Waals surface area contributed by atoms with Crippen LogP contribution < -0.4 is 5.73 Å². The molecule has 2 unspecified atom stereocenters. The summed E-state index contributed by atoms with van der Waals surface area (Å²) in [5.41, 5.74) is 7.71. The van der Waals surface area contributed by atoms with Crippen molar-refractivity contribution in [2.75, 3.05) is 19.3 Å². The molecule has 1 aliphatic carbocycles. The molecule has 2 atom stereocenters. The fraction of sp³-hybridized carbons (Fsp3) is 0.692. The number of carbonyl (C=O) groups excluding carboxylic acids is 1. The van der Waals surface area contributed by atoms with Crippen LogP contribution in [0.3, 0.4) is 0 Å². The zero-order valence-electron chi connectivity index (χ0n) is 11.4. The fourth-order valence-electron chi connectivity index (χ4n) is 2.26. The lowest BCUT2D eigenvalue weighted by atomic mass is 10.2. The van der Waals surface area contributed by atoms with Crippen LogP contribution in [0.5, 0.6) is 0 Å². The van der Waals surface area contributed by atoms with E-state index in [4.69, 9.17) is 5.73 Å². The molecule has 0 saturated heterocycles. The van der Waals surface area contributed by atoms with Crippen LogP contribution in [-0.4, -0.2) is 34.6 Å². The molecule has 2 rings (SSSR count). The van der Waals surface area contributed by atoms with Crippen molar-refractivity contribution in [1.82, 2.24) is 15.1 Å². The summed E-state index contributed by atoms with van der Waals surface area (Å²) in [7, 11) is 1.82. The third-order valence-corrected chi connectivity index (χ3v) is 3.72. The summed E-state index contributed by atoms with van der Waals surface area (Å²) >= 11 is 0. The van der Waals surface area contributed by atoms with E-state index in [1.807, 2.05) is 7.05 Å². The van der Waals surface area contributed by atoms with Crippen LogP contribution in [0.4, 0.5) is 5.69 Å². The van der Waals surface area contributed by atoms with Gasteiger partial charge in [-0.05, 0) is 24.7 Å². The molecule has 18 heavy (non-hydrogen) atoms. The number of carbonyl (C=O) groups is 1. The molecular weight excluding hydrogens is 228 g/mol. The monoisotopic (exact) mass is 250 g/mol. The molecule has 0 radical (unpaired) electrons. The maximum absolute atomic E-state index is 12.2. The van der Waals surface area contributed by atoms with Crippen LogP contribution in [0, 0.1) is 11.8 Å². The first-order valence-electron chi connectivity index (χ1n) is 6.62. The summed E-state index contributed by atoms with van der Waals surface area (Å²) in [4.78, 5) is 13.9. The molecule has 1 fully saturated rings. The Kier molecular flexibility index (Phi) is 3.59. The van der Waals surface area contributed by atoms with Gasteiger partial charge in [0.05, 0.1) is 11.4 Å². The molecular formula is C13H22N4O. The van der Waals surface area contributed by atoms with Gasteiger partial charge in [0.25, 0.3) is 5.91 Å². The summed E-state index contributed by atoms with van der Waals surface area (Å²) < 4.78 is 0. The minimum atomic E-state index is -0.0785. The molecule has 0 aliphatic heterocycles. The maximum Gasteiger partial charge on any atom is 0.276 e. The van der Waals surface area contributed by atoms with E-state index in [1.54, 1.807) is 4.90 Å². The predicted octanol–water partition coefficient (Wildman–Crippen LogP) is 1.67. The van der Waals surface area contributed by atoms with Gasteiger partial charge in [-0.25, -0.2) is 0 Å². The standard InChI is InChI=1S/C13H22N4O/c1-4-5-10-11(14)12(16-15-10)13(18)17(3)7-9-6-8(9)2/h8-9H,4-7,14H2,1-3H3,(H,15,16). The van der Waals surface area contributed by atoms with Crippen molar-refractivity contribution >= 4 is 11.6 Å². The summed E-state index contributed by atoms with van der Waals surface area (Å²) in [6.07, 6.45) is 3.03. The highest BCUT2D eigenvalue weighted by molar-refractivity contribution is 5.97. The molecule has 1 amide bonds. The molecule has 1 aromatic rings. The Morgan fingerprint density at radius 1 is 1.61 bits per heavy atom. The number of aromatic nitrogens is 2. The second-order valence-corrected chi connectivity index (χ2v) is 5.37. The van der Waals surface area contributed by atoms with E-state index in [0.29, 0.717) is 17.3 Å². The summed E-state index contributed by atoms with van der Waals surface area (Å²) in [5, 5.41) is 6.93. The van der Waals surface area contributed by atoms with E-state index in [2.05, 4.69) is 24.0 Å². The highest BCUT2D eigenvalue weighted by Gasteiger charge is 2.35. The first kappa shape index (κ1) is 12.9. The van der Waals surface area contributed by atoms with Crippen molar-refractivity contribution in [2.24, 2.45) is 11.8 Å². The van der Waals surface area contributed by atoms with E-state index in [1.165, 1.54) is 6.42 Å². The summed E-state index contributed by atoms with van der Waals surface area (Å²) in [5.74, 6) is 1.31. The largest absolute Gasteiger partial charge is 0.395 e. The normalized spacial score (nSPS) is 21.9. The number of aryl methyl sites for hydroxylation is 1. The molecule has 0 bridgehead atoms. The Morgan fingerprint density at radius 3 is 2.83 bits per heavy atom. The average Bonchev–Trinajstić information content (AvgIpc) is 2.90. The van der Waals surface area contributed by atoms with Crippen LogP contribution in [0.1, 0.15) is 42.9 Å². The van der Waals surface area contributed by atoms with Gasteiger partial charge in [0.2, 0.25) is 0 Å². The maximum atomic E-state index is 12.2. The quantitative estimate of drug-likeness (QED) is 0.834. The van der Waals surface area contributed by atoms with Crippen LogP contribution in [-0.2, 0) is 6.42 Å². The molecule has 1 saturated carbocycles. The number of H-pyrrole nitrogens is 1. The molecule has 0 spiro atoms. The lowest BCUT2D eigenvalue weighted by Crippen LogP contribution is -2.30. The smallest absolute Gasteiger partial charge is 0.276 e. The molecule has 100 valence electrons. The minimum absolute atomic E-state index is 0.0785. The van der Waals surface area contributed by atoms with E-state index in [9.17, 15) is 4.79 Å². The van der Waals surface area contributed by atoms with Crippen molar-refractivity contribution in [3.63, 3.8) is 0 Å². The predicted molar refractivity (Wildman–Crippen MR) is 71.2 cm³/mol. The van der Waals surface area contributed by atoms with Gasteiger partial charge in [-0.15, -0.1) is 0 Å². The molecule has 1 aliphatic rings. The van der Waals surface area contributed by atoms with Crippen LogP contribution in [0.2, 0.25) is 0 Å². The summed E-state index contributed by atoms with van der Waals surface area (Å²) in [6, 6.07) is 0. The van der Waals surface area contributed by atoms with Crippen LogP contribution in [0.25, 0.3) is 0 Å². The zero-order chi connectivity index (χ0) is 13.3. The molecule has 5 heteroatoms. The summed E-state index contributed by atoms with van der Waals surface area (Å²) in [6.45, 7) is 5.09. The average molecular weight is 250 g/mol. The first-order chi connectivity index (χ1) is 8.54. The molecule has 5 nitrogen and oxygen atoms in total. The van der Waals surface area contributed by atoms with Crippen molar-refractivity contribution in [1.29, 1.82) is 0 Å². The topological polar surface area (TPSA) is 75.0 Å². The number of nitrogens with one attached hydrogen (secondary N) is 1. The Labute approximate surface area is 108 Å². The van der Waals surface area contributed by atoms with Crippen molar-refractivity contribution in [3.05, 3.63) is 11.4 Å². The molecule has 1 aromatic heterocycles. The third-order valence-electron chi connectivity index (χ3n) is 3.72. The van der Waals surface area contributed by atoms with E-state index in [-0.39, 0.29) is 5.91 Å². The SMILES string of the molecule is CCCc1[nH]nc(C(=O)N(C)CC2CC2C)c1N. The lowest BCUT2D eigenvalue weighted by Gasteiger charge is -2.15. The minimum Gasteiger partial charge on any atom is -0.395 e. The van der Waals surface area contributed by atoms with Gasteiger partial charge in [-0.2, -0.15) is 5.10 Å². The number of hydrogen-bond donors (Lipinski definition) is 2. The van der Waals surface area contributed by atoms with Crippen molar-refractivity contribution in [2.45, 2.75) is 33.1 Å². The van der Waals surface area contributed by atoms with Gasteiger partial charge in [-0.1, -0.05) is 20.3 Å². The Balaban J connectivity index is 2.03. The number of nitrogen functional groups attached to an aromatic ring is 1. The van der Waals surface area contributed by atoms with Gasteiger partial charge >= 0.3 is 0 Å². The number of nitrogens with two attached hydrogens (primary N) is 1. The van der Waals surface area contributed by atoms with E-state index >= 15 is 0 Å². The van der Waals surface area contributed by atoms with E-state index in [0.717, 1.165) is 31.0 Å². The number of nitrogens with zero attached hydrogens (tertiary/aromatic N) is 2. The number of hydrogen-bond acceptors (Lipinski definition) is 3. The number of amides is 1. The highest BCUT2D eigenvalue weighted by atomic mass is 16.2. The van der Waals surface area contributed by atoms with Crippen LogP contribution >= 0.6 is 0 Å². The Morgan fingerprint density at radius 2 is 2.28 bits per heavy atom. The van der Waals surface area contributed by atoms with Crippen molar-refractivity contribution in [3.8, 4) is 0 Å². The van der Waals surface area contributed by atoms with E-state index < -0.39 is 0 Å². The highest BCUT2D eigenvalue weighted by Crippen LogP contribution is 2.38. The fourth-order valence-corrected chi connectivity index (χ4v) is 2.26. The van der Waals surface area contributed by atoms with Gasteiger partial charge in [0.15, 0.2) is 5.69 Å². The van der Waals surface area contributed by atoms with Gasteiger partial charge in [0, 0.05) is 13.6 Å². The molecule has 3 N–H and O–H groups in total. The number of rotatable bonds is 5. The van der Waals surface area contributed by atoms with Gasteiger partial charge < -0.3 is 10.6 Å². The lowest BCUT2D eigenvalue weighted by molar-refractivity contribution is 0.0782. The Hall–Kier alpha value is -1.52. The van der Waals surface area contributed by atoms with Crippen molar-refractivity contribution < 1.29 is 4.79 Å². The molecule has 1 heterocycles. The first-order valence-corrected chi connectivity index (χ1v) is 6.62. The van der Waals surface area contributed by atoms with Gasteiger partial charge in [-0.3, -0.25) is 9.89 Å². The van der Waals surface area contributed by atoms with Crippen LogP contribution in [0.15, 0.2) is 0 Å². The number of aromatic amines is 1. The Bertz CT molecular complexity index is 440. The zero-order valence-corrected chi connectivity index (χ0v) is 11.4. The molecule has 0 aromatic carbocycles. The second kappa shape index (κ2) is 5.00. The second-order valence-electron chi connectivity index (χ2n) is 5.37. The number of anilines is 1.